The Morgan fingerprint density at radius 3 is 2.71 bits per heavy atom. The SMILES string of the molecule is O=C(O)Cc1cc(=O)c2ccc(Cl)c(Cl)c2[nH]1. The minimum Gasteiger partial charge on any atom is -0.481 e. The van der Waals surface area contributed by atoms with Crippen LogP contribution in [0.4, 0.5) is 0 Å². The quantitative estimate of drug-likeness (QED) is 0.882. The van der Waals surface area contributed by atoms with E-state index in [4.69, 9.17) is 28.3 Å². The van der Waals surface area contributed by atoms with Crippen LogP contribution in [-0.2, 0) is 11.2 Å². The number of fused-ring (bicyclic) bond motifs is 1. The number of rotatable bonds is 2. The van der Waals surface area contributed by atoms with Crippen LogP contribution in [0.25, 0.3) is 10.9 Å². The maximum atomic E-state index is 11.7. The number of aromatic amines is 1. The molecule has 6 heteroatoms. The van der Waals surface area contributed by atoms with Gasteiger partial charge in [0.2, 0.25) is 0 Å². The molecule has 1 aromatic carbocycles. The number of halogens is 2. The zero-order chi connectivity index (χ0) is 12.6. The van der Waals surface area contributed by atoms with Crippen LogP contribution in [0.1, 0.15) is 5.69 Å². The number of hydrogen-bond acceptors (Lipinski definition) is 2. The molecular weight excluding hydrogens is 265 g/mol. The second-order valence-electron chi connectivity index (χ2n) is 3.51. The predicted octanol–water partition coefficient (Wildman–Crippen LogP) is 2.46. The van der Waals surface area contributed by atoms with Gasteiger partial charge in [0.15, 0.2) is 5.43 Å². The van der Waals surface area contributed by atoms with Crippen molar-refractivity contribution in [3.05, 3.63) is 44.2 Å². The summed E-state index contributed by atoms with van der Waals surface area (Å²) in [5.41, 5.74) is 0.371. The zero-order valence-corrected chi connectivity index (χ0v) is 9.97. The molecular formula is C11H7Cl2NO3. The van der Waals surface area contributed by atoms with Gasteiger partial charge < -0.3 is 10.1 Å². The first kappa shape index (κ1) is 12.0. The van der Waals surface area contributed by atoms with Crippen LogP contribution >= 0.6 is 23.2 Å². The fourth-order valence-corrected chi connectivity index (χ4v) is 1.94. The Morgan fingerprint density at radius 1 is 1.35 bits per heavy atom. The fraction of sp³-hybridized carbons (Fsp3) is 0.0909. The number of aromatic nitrogens is 1. The van der Waals surface area contributed by atoms with Crippen molar-refractivity contribution in [2.24, 2.45) is 0 Å². The van der Waals surface area contributed by atoms with Gasteiger partial charge in [0.25, 0.3) is 0 Å². The number of carboxylic acid groups (broad SMARTS) is 1. The van der Waals surface area contributed by atoms with E-state index in [0.717, 1.165) is 0 Å². The largest absolute Gasteiger partial charge is 0.481 e. The molecule has 4 nitrogen and oxygen atoms in total. The number of aliphatic carboxylic acids is 1. The van der Waals surface area contributed by atoms with Crippen LogP contribution in [0.15, 0.2) is 23.0 Å². The molecule has 2 N–H and O–H groups in total. The molecule has 1 heterocycles. The van der Waals surface area contributed by atoms with Gasteiger partial charge in [-0.05, 0) is 12.1 Å². The fourth-order valence-electron chi connectivity index (χ4n) is 1.57. The normalized spacial score (nSPS) is 10.7. The summed E-state index contributed by atoms with van der Waals surface area (Å²) >= 11 is 11.8. The lowest BCUT2D eigenvalue weighted by Gasteiger charge is -2.05. The lowest BCUT2D eigenvalue weighted by atomic mass is 10.1. The molecule has 0 aliphatic rings. The summed E-state index contributed by atoms with van der Waals surface area (Å²) in [6, 6.07) is 4.33. The van der Waals surface area contributed by atoms with E-state index in [1.807, 2.05) is 0 Å². The topological polar surface area (TPSA) is 70.2 Å². The molecule has 0 bridgehead atoms. The molecule has 2 rings (SSSR count). The highest BCUT2D eigenvalue weighted by atomic mass is 35.5. The van der Waals surface area contributed by atoms with Gasteiger partial charge in [-0.3, -0.25) is 9.59 Å². The van der Waals surface area contributed by atoms with Gasteiger partial charge >= 0.3 is 5.97 Å². The minimum atomic E-state index is -1.03. The van der Waals surface area contributed by atoms with Gasteiger partial charge in [0, 0.05) is 17.1 Å². The van der Waals surface area contributed by atoms with Crippen molar-refractivity contribution in [1.82, 2.24) is 4.98 Å². The number of carboxylic acids is 1. The molecule has 2 aromatic rings. The standard InChI is InChI=1S/C11H7Cl2NO3/c12-7-2-1-6-8(15)3-5(4-9(16)17)14-11(6)10(7)13/h1-3H,4H2,(H,14,15)(H,16,17). The van der Waals surface area contributed by atoms with Gasteiger partial charge in [0.05, 0.1) is 22.0 Å². The summed E-state index contributed by atoms with van der Waals surface area (Å²) in [6.45, 7) is 0. The zero-order valence-electron chi connectivity index (χ0n) is 8.46. The van der Waals surface area contributed by atoms with Crippen molar-refractivity contribution < 1.29 is 9.90 Å². The van der Waals surface area contributed by atoms with E-state index in [1.165, 1.54) is 12.1 Å². The summed E-state index contributed by atoms with van der Waals surface area (Å²) in [5, 5.41) is 9.58. The number of pyridine rings is 1. The molecule has 0 saturated heterocycles. The third-order valence-corrected chi connectivity index (χ3v) is 3.10. The summed E-state index contributed by atoms with van der Waals surface area (Å²) in [6.07, 6.45) is -0.270. The average molecular weight is 272 g/mol. The van der Waals surface area contributed by atoms with Crippen LogP contribution in [0.2, 0.25) is 10.0 Å². The summed E-state index contributed by atoms with van der Waals surface area (Å²) < 4.78 is 0. The average Bonchev–Trinajstić information content (AvgIpc) is 2.23. The number of carbonyl (C=O) groups is 1. The van der Waals surface area contributed by atoms with Gasteiger partial charge in [-0.25, -0.2) is 0 Å². The Labute approximate surface area is 106 Å². The van der Waals surface area contributed by atoms with Crippen LogP contribution < -0.4 is 5.43 Å². The maximum absolute atomic E-state index is 11.7. The molecule has 0 amide bonds. The van der Waals surface area contributed by atoms with Crippen LogP contribution in [0.3, 0.4) is 0 Å². The molecule has 88 valence electrons. The first-order valence-corrected chi connectivity index (χ1v) is 5.46. The molecule has 0 aliphatic heterocycles. The Hall–Kier alpha value is -1.52. The third-order valence-electron chi connectivity index (χ3n) is 2.29. The molecule has 17 heavy (non-hydrogen) atoms. The van der Waals surface area contributed by atoms with Crippen molar-refractivity contribution in [2.75, 3.05) is 0 Å². The van der Waals surface area contributed by atoms with Crippen LogP contribution in [0, 0.1) is 0 Å². The maximum Gasteiger partial charge on any atom is 0.309 e. The molecule has 1 aromatic heterocycles. The Bertz CT molecular complexity index is 664. The molecule has 0 aliphatic carbocycles. The van der Waals surface area contributed by atoms with E-state index in [9.17, 15) is 9.59 Å². The molecule has 0 atom stereocenters. The summed E-state index contributed by atoms with van der Waals surface area (Å²) in [7, 11) is 0. The lowest BCUT2D eigenvalue weighted by Crippen LogP contribution is -2.09. The molecule has 0 spiro atoms. The van der Waals surface area contributed by atoms with Crippen molar-refractivity contribution in [2.45, 2.75) is 6.42 Å². The van der Waals surface area contributed by atoms with Gasteiger partial charge in [0.1, 0.15) is 0 Å². The highest BCUT2D eigenvalue weighted by molar-refractivity contribution is 6.44. The first-order valence-electron chi connectivity index (χ1n) is 4.70. The van der Waals surface area contributed by atoms with Crippen LogP contribution in [-0.4, -0.2) is 16.1 Å². The van der Waals surface area contributed by atoms with Gasteiger partial charge in [-0.1, -0.05) is 23.2 Å². The van der Waals surface area contributed by atoms with Crippen molar-refractivity contribution in [1.29, 1.82) is 0 Å². The van der Waals surface area contributed by atoms with Gasteiger partial charge in [-0.15, -0.1) is 0 Å². The highest BCUT2D eigenvalue weighted by Gasteiger charge is 2.10. The van der Waals surface area contributed by atoms with E-state index in [2.05, 4.69) is 4.98 Å². The molecule has 0 fully saturated rings. The molecule has 0 radical (unpaired) electrons. The number of nitrogens with one attached hydrogen (secondary N) is 1. The summed E-state index contributed by atoms with van der Waals surface area (Å²) in [4.78, 5) is 25.1. The van der Waals surface area contributed by atoms with Crippen molar-refractivity contribution in [3.63, 3.8) is 0 Å². The van der Waals surface area contributed by atoms with E-state index >= 15 is 0 Å². The predicted molar refractivity (Wildman–Crippen MR) is 65.9 cm³/mol. The van der Waals surface area contributed by atoms with Crippen molar-refractivity contribution in [3.8, 4) is 0 Å². The van der Waals surface area contributed by atoms with E-state index in [0.29, 0.717) is 21.6 Å². The third kappa shape index (κ3) is 2.28. The van der Waals surface area contributed by atoms with Crippen LogP contribution in [0.5, 0.6) is 0 Å². The second kappa shape index (κ2) is 4.39. The van der Waals surface area contributed by atoms with E-state index < -0.39 is 5.97 Å². The number of H-pyrrole nitrogens is 1. The Morgan fingerprint density at radius 2 is 2.06 bits per heavy atom. The summed E-state index contributed by atoms with van der Waals surface area (Å²) in [5.74, 6) is -1.03. The van der Waals surface area contributed by atoms with Gasteiger partial charge in [-0.2, -0.15) is 0 Å². The molecule has 0 saturated carbocycles. The van der Waals surface area contributed by atoms with E-state index in [-0.39, 0.29) is 16.9 Å². The second-order valence-corrected chi connectivity index (χ2v) is 4.30. The number of benzene rings is 1. The first-order chi connectivity index (χ1) is 7.99. The molecule has 0 unspecified atom stereocenters. The number of hydrogen-bond donors (Lipinski definition) is 2. The smallest absolute Gasteiger partial charge is 0.309 e. The lowest BCUT2D eigenvalue weighted by molar-refractivity contribution is -0.136. The minimum absolute atomic E-state index is 0.216. The highest BCUT2D eigenvalue weighted by Crippen LogP contribution is 2.27. The van der Waals surface area contributed by atoms with Crippen molar-refractivity contribution >= 4 is 40.1 Å². The van der Waals surface area contributed by atoms with E-state index in [1.54, 1.807) is 6.07 Å². The Kier molecular flexibility index (Phi) is 3.09. The monoisotopic (exact) mass is 271 g/mol. The Balaban J connectivity index is 2.75.